The summed E-state index contributed by atoms with van der Waals surface area (Å²) in [5, 5.41) is 20.0. The molecule has 4 rings (SSSR count). The predicted molar refractivity (Wildman–Crippen MR) is 88.0 cm³/mol. The Hall–Kier alpha value is -1.70. The van der Waals surface area contributed by atoms with Crippen molar-refractivity contribution in [2.24, 2.45) is 17.8 Å². The average molecular weight is 296 g/mol. The summed E-state index contributed by atoms with van der Waals surface area (Å²) in [5.41, 5.74) is 2.59. The number of hydrogen-bond acceptors (Lipinski definition) is 2. The van der Waals surface area contributed by atoms with Crippen molar-refractivity contribution in [3.8, 4) is 5.75 Å². The lowest BCUT2D eigenvalue weighted by molar-refractivity contribution is 0.153. The lowest BCUT2D eigenvalue weighted by Gasteiger charge is -2.45. The summed E-state index contributed by atoms with van der Waals surface area (Å²) in [6.45, 7) is 0. The third-order valence-corrected chi connectivity index (χ3v) is 6.03. The SMILES string of the molecule is OC1=CCC([C@@H]2Cc3cccc(O)c3[C@@H]3CCCC[C@@H]32)C=C1. The number of aliphatic hydroxyl groups is 1. The van der Waals surface area contributed by atoms with Crippen molar-refractivity contribution < 1.29 is 10.2 Å². The first-order valence-electron chi connectivity index (χ1n) is 8.62. The second kappa shape index (κ2) is 5.49. The monoisotopic (exact) mass is 296 g/mol. The Morgan fingerprint density at radius 1 is 1.00 bits per heavy atom. The van der Waals surface area contributed by atoms with Gasteiger partial charge in [0.1, 0.15) is 11.5 Å². The number of allylic oxidation sites excluding steroid dienone is 3. The van der Waals surface area contributed by atoms with E-state index in [0.717, 1.165) is 12.8 Å². The first-order valence-corrected chi connectivity index (χ1v) is 8.62. The summed E-state index contributed by atoms with van der Waals surface area (Å²) in [7, 11) is 0. The van der Waals surface area contributed by atoms with Gasteiger partial charge in [-0.25, -0.2) is 0 Å². The summed E-state index contributed by atoms with van der Waals surface area (Å²) < 4.78 is 0. The number of phenols is 1. The highest BCUT2D eigenvalue weighted by atomic mass is 16.3. The average Bonchev–Trinajstić information content (AvgIpc) is 2.55. The van der Waals surface area contributed by atoms with E-state index in [0.29, 0.717) is 35.2 Å². The van der Waals surface area contributed by atoms with Crippen LogP contribution in [-0.4, -0.2) is 10.2 Å². The zero-order valence-electron chi connectivity index (χ0n) is 12.9. The number of aromatic hydroxyl groups is 1. The molecule has 0 bridgehead atoms. The van der Waals surface area contributed by atoms with E-state index < -0.39 is 0 Å². The Morgan fingerprint density at radius 3 is 2.68 bits per heavy atom. The van der Waals surface area contributed by atoms with Crippen LogP contribution < -0.4 is 0 Å². The van der Waals surface area contributed by atoms with Gasteiger partial charge >= 0.3 is 0 Å². The highest BCUT2D eigenvalue weighted by molar-refractivity contribution is 5.45. The molecule has 1 aromatic rings. The minimum Gasteiger partial charge on any atom is -0.508 e. The molecule has 0 spiro atoms. The predicted octanol–water partition coefficient (Wildman–Crippen LogP) is 4.86. The van der Waals surface area contributed by atoms with E-state index in [-0.39, 0.29) is 0 Å². The van der Waals surface area contributed by atoms with Crippen molar-refractivity contribution in [1.82, 2.24) is 0 Å². The van der Waals surface area contributed by atoms with Gasteiger partial charge in [0, 0.05) is 5.56 Å². The molecule has 1 saturated carbocycles. The Bertz CT molecular complexity index is 629. The Labute approximate surface area is 132 Å². The first kappa shape index (κ1) is 13.9. The molecule has 2 nitrogen and oxygen atoms in total. The number of benzene rings is 1. The third-order valence-electron chi connectivity index (χ3n) is 6.03. The highest BCUT2D eigenvalue weighted by Gasteiger charge is 2.41. The molecule has 3 aliphatic rings. The van der Waals surface area contributed by atoms with Gasteiger partial charge in [-0.2, -0.15) is 0 Å². The van der Waals surface area contributed by atoms with Gasteiger partial charge in [0.25, 0.3) is 0 Å². The van der Waals surface area contributed by atoms with Crippen LogP contribution in [0, 0.1) is 17.8 Å². The fourth-order valence-corrected chi connectivity index (χ4v) is 5.05. The maximum Gasteiger partial charge on any atom is 0.119 e. The molecule has 116 valence electrons. The lowest BCUT2D eigenvalue weighted by atomic mass is 9.59. The van der Waals surface area contributed by atoms with Crippen LogP contribution in [0.4, 0.5) is 0 Å². The standard InChI is InChI=1S/C20H24O2/c21-15-10-8-13(9-11-15)18-12-14-4-3-7-19(22)20(14)17-6-2-1-5-16(17)18/h3-4,7-8,10-11,13,16-18,21-22H,1-2,5-6,9,12H2/t13?,16-,17+,18-/m0/s1. The van der Waals surface area contributed by atoms with E-state index in [9.17, 15) is 10.2 Å². The Balaban J connectivity index is 1.71. The number of phenolic OH excluding ortho intramolecular Hbond substituents is 1. The van der Waals surface area contributed by atoms with Crippen molar-refractivity contribution in [3.63, 3.8) is 0 Å². The zero-order valence-corrected chi connectivity index (χ0v) is 12.9. The molecular formula is C20H24O2. The van der Waals surface area contributed by atoms with Gasteiger partial charge in [-0.15, -0.1) is 0 Å². The zero-order chi connectivity index (χ0) is 15.1. The molecule has 0 heterocycles. The molecule has 2 heteroatoms. The first-order chi connectivity index (χ1) is 10.7. The smallest absolute Gasteiger partial charge is 0.119 e. The summed E-state index contributed by atoms with van der Waals surface area (Å²) in [6, 6.07) is 6.04. The molecule has 1 unspecified atom stereocenters. The topological polar surface area (TPSA) is 40.5 Å². The maximum absolute atomic E-state index is 10.4. The molecule has 0 saturated heterocycles. The minimum absolute atomic E-state index is 0.408. The van der Waals surface area contributed by atoms with E-state index in [4.69, 9.17) is 0 Å². The summed E-state index contributed by atoms with van der Waals surface area (Å²) in [4.78, 5) is 0. The van der Waals surface area contributed by atoms with Crippen molar-refractivity contribution in [1.29, 1.82) is 0 Å². The van der Waals surface area contributed by atoms with Gasteiger partial charge in [0.15, 0.2) is 0 Å². The number of aliphatic hydroxyl groups excluding tert-OH is 1. The third kappa shape index (κ3) is 2.25. The van der Waals surface area contributed by atoms with Gasteiger partial charge in [-0.05, 0) is 73.1 Å². The fraction of sp³-hybridized carbons (Fsp3) is 0.500. The second-order valence-electron chi connectivity index (χ2n) is 7.16. The molecule has 22 heavy (non-hydrogen) atoms. The van der Waals surface area contributed by atoms with Crippen LogP contribution >= 0.6 is 0 Å². The molecule has 3 aliphatic carbocycles. The number of rotatable bonds is 1. The van der Waals surface area contributed by atoms with Crippen LogP contribution in [-0.2, 0) is 6.42 Å². The van der Waals surface area contributed by atoms with Crippen LogP contribution in [0.1, 0.15) is 49.1 Å². The van der Waals surface area contributed by atoms with Crippen LogP contribution in [0.2, 0.25) is 0 Å². The van der Waals surface area contributed by atoms with Gasteiger partial charge in [0.2, 0.25) is 0 Å². The second-order valence-corrected chi connectivity index (χ2v) is 7.16. The van der Waals surface area contributed by atoms with Crippen LogP contribution in [0.3, 0.4) is 0 Å². The maximum atomic E-state index is 10.4. The van der Waals surface area contributed by atoms with E-state index in [1.807, 2.05) is 24.3 Å². The molecule has 0 aliphatic heterocycles. The highest BCUT2D eigenvalue weighted by Crippen LogP contribution is 2.53. The van der Waals surface area contributed by atoms with Crippen molar-refractivity contribution in [2.45, 2.75) is 44.4 Å². The van der Waals surface area contributed by atoms with Crippen LogP contribution in [0.15, 0.2) is 42.2 Å². The summed E-state index contributed by atoms with van der Waals surface area (Å²) in [5.74, 6) is 3.28. The molecular weight excluding hydrogens is 272 g/mol. The van der Waals surface area contributed by atoms with Crippen molar-refractivity contribution in [2.75, 3.05) is 0 Å². The quantitative estimate of drug-likeness (QED) is 0.777. The van der Waals surface area contributed by atoms with Gasteiger partial charge in [-0.3, -0.25) is 0 Å². The molecule has 1 fully saturated rings. The van der Waals surface area contributed by atoms with Crippen LogP contribution in [0.5, 0.6) is 5.75 Å². The van der Waals surface area contributed by atoms with Gasteiger partial charge in [0.05, 0.1) is 0 Å². The largest absolute Gasteiger partial charge is 0.508 e. The van der Waals surface area contributed by atoms with Gasteiger partial charge in [-0.1, -0.05) is 31.1 Å². The molecule has 0 amide bonds. The summed E-state index contributed by atoms with van der Waals surface area (Å²) >= 11 is 0. The molecule has 1 aromatic carbocycles. The molecule has 4 atom stereocenters. The number of fused-ring (bicyclic) bond motifs is 3. The molecule has 0 aromatic heterocycles. The normalized spacial score (nSPS) is 33.7. The lowest BCUT2D eigenvalue weighted by Crippen LogP contribution is -2.36. The summed E-state index contributed by atoms with van der Waals surface area (Å²) in [6.07, 6.45) is 13.1. The van der Waals surface area contributed by atoms with E-state index in [1.54, 1.807) is 0 Å². The van der Waals surface area contributed by atoms with Crippen molar-refractivity contribution >= 4 is 0 Å². The minimum atomic E-state index is 0.408. The van der Waals surface area contributed by atoms with E-state index in [1.165, 1.54) is 36.8 Å². The fourth-order valence-electron chi connectivity index (χ4n) is 5.05. The molecule has 0 radical (unpaired) electrons. The Kier molecular flexibility index (Phi) is 3.48. The van der Waals surface area contributed by atoms with Crippen molar-refractivity contribution in [3.05, 3.63) is 53.3 Å². The van der Waals surface area contributed by atoms with Crippen LogP contribution in [0.25, 0.3) is 0 Å². The number of hydrogen-bond donors (Lipinski definition) is 2. The van der Waals surface area contributed by atoms with Gasteiger partial charge < -0.3 is 10.2 Å². The van der Waals surface area contributed by atoms with E-state index >= 15 is 0 Å². The van der Waals surface area contributed by atoms with E-state index in [2.05, 4.69) is 12.1 Å². The Morgan fingerprint density at radius 2 is 1.86 bits per heavy atom. The molecule has 2 N–H and O–H groups in total.